The minimum atomic E-state index is -0.0115. The van der Waals surface area contributed by atoms with E-state index in [2.05, 4.69) is 42.5 Å². The maximum Gasteiger partial charge on any atom is 0.109 e. The summed E-state index contributed by atoms with van der Waals surface area (Å²) in [6.07, 6.45) is -0.0115. The van der Waals surface area contributed by atoms with Gasteiger partial charge in [0, 0.05) is 24.9 Å². The fourth-order valence-corrected chi connectivity index (χ4v) is 3.87. The Morgan fingerprint density at radius 1 is 1.10 bits per heavy atom. The molecule has 3 heteroatoms. The van der Waals surface area contributed by atoms with E-state index in [0.29, 0.717) is 6.61 Å². The molecule has 0 radical (unpaired) electrons. The molecule has 0 amide bonds. The second-order valence-electron chi connectivity index (χ2n) is 4.87. The van der Waals surface area contributed by atoms with E-state index in [1.54, 1.807) is 14.2 Å². The van der Waals surface area contributed by atoms with Gasteiger partial charge < -0.3 is 9.47 Å². The van der Waals surface area contributed by atoms with Gasteiger partial charge in [0.25, 0.3) is 0 Å². The molecule has 0 aromatic heterocycles. The molecule has 0 aliphatic carbocycles. The van der Waals surface area contributed by atoms with Crippen molar-refractivity contribution < 1.29 is 9.47 Å². The molecule has 20 heavy (non-hydrogen) atoms. The molecule has 1 heterocycles. The van der Waals surface area contributed by atoms with Gasteiger partial charge in [-0.15, -0.1) is 11.8 Å². The maximum atomic E-state index is 5.84. The number of ether oxygens (including phenoxy) is 2. The van der Waals surface area contributed by atoms with E-state index in [9.17, 15) is 0 Å². The molecule has 3 rings (SSSR count). The number of hydrogen-bond donors (Lipinski definition) is 0. The molecule has 2 nitrogen and oxygen atoms in total. The predicted molar refractivity (Wildman–Crippen MR) is 82.0 cm³/mol. The van der Waals surface area contributed by atoms with Gasteiger partial charge in [0.1, 0.15) is 6.10 Å². The second-order valence-corrected chi connectivity index (χ2v) is 5.88. The van der Waals surface area contributed by atoms with Crippen LogP contribution in [0, 0.1) is 0 Å². The summed E-state index contributed by atoms with van der Waals surface area (Å²) in [4.78, 5) is 1.30. The van der Waals surface area contributed by atoms with E-state index >= 15 is 0 Å². The highest BCUT2D eigenvalue weighted by Crippen LogP contribution is 2.42. The van der Waals surface area contributed by atoms with Crippen molar-refractivity contribution in [2.75, 3.05) is 14.2 Å². The fraction of sp³-hybridized carbons (Fsp3) is 0.294. The Hall–Kier alpha value is -1.29. The predicted octanol–water partition coefficient (Wildman–Crippen LogP) is 4.17. The van der Waals surface area contributed by atoms with Crippen molar-refractivity contribution in [3.63, 3.8) is 0 Å². The van der Waals surface area contributed by atoms with E-state index in [4.69, 9.17) is 9.47 Å². The molecule has 0 fully saturated rings. The first-order valence-electron chi connectivity index (χ1n) is 6.69. The molecule has 0 saturated heterocycles. The third-order valence-electron chi connectivity index (χ3n) is 3.67. The Kier molecular flexibility index (Phi) is 4.10. The number of hydrogen-bond acceptors (Lipinski definition) is 3. The summed E-state index contributed by atoms with van der Waals surface area (Å²) in [6.45, 7) is 0.621. The number of fused-ring (bicyclic) bond motifs is 2. The van der Waals surface area contributed by atoms with Crippen LogP contribution in [0.4, 0.5) is 0 Å². The second kappa shape index (κ2) is 6.00. The highest BCUT2D eigenvalue weighted by molar-refractivity contribution is 7.98. The summed E-state index contributed by atoms with van der Waals surface area (Å²) in [5.41, 5.74) is 5.08. The number of methoxy groups -OCH3 is 2. The largest absolute Gasteiger partial charge is 0.380 e. The van der Waals surface area contributed by atoms with Gasteiger partial charge in [-0.2, -0.15) is 0 Å². The Morgan fingerprint density at radius 2 is 1.95 bits per heavy atom. The quantitative estimate of drug-likeness (QED) is 0.843. The topological polar surface area (TPSA) is 18.5 Å². The molecule has 104 valence electrons. The molecular weight excluding hydrogens is 268 g/mol. The van der Waals surface area contributed by atoms with Gasteiger partial charge in [0.05, 0.1) is 6.61 Å². The molecular formula is C17H18O2S. The van der Waals surface area contributed by atoms with Crippen LogP contribution in [0.15, 0.2) is 47.4 Å². The Labute approximate surface area is 124 Å². The third-order valence-corrected chi connectivity index (χ3v) is 4.81. The zero-order valence-corrected chi connectivity index (χ0v) is 12.6. The molecule has 1 aliphatic rings. The van der Waals surface area contributed by atoms with E-state index in [-0.39, 0.29) is 6.10 Å². The lowest BCUT2D eigenvalue weighted by atomic mass is 9.93. The van der Waals surface area contributed by atoms with Gasteiger partial charge in [0.2, 0.25) is 0 Å². The number of rotatable bonds is 3. The standard InChI is InChI=1S/C17H18O2S/c1-18-10-12-6-5-7-13-11-20-15-9-4-3-8-14(15)17(19-2)16(12)13/h3-9,17H,10-11H2,1-2H3. The lowest BCUT2D eigenvalue weighted by Gasteiger charge is -2.21. The van der Waals surface area contributed by atoms with Gasteiger partial charge in [-0.3, -0.25) is 0 Å². The van der Waals surface area contributed by atoms with Crippen LogP contribution in [0.5, 0.6) is 0 Å². The normalized spacial score (nSPS) is 17.2. The Balaban J connectivity index is 2.18. The van der Waals surface area contributed by atoms with Gasteiger partial charge in [-0.05, 0) is 28.3 Å². The molecule has 0 saturated carbocycles. The van der Waals surface area contributed by atoms with Gasteiger partial charge >= 0.3 is 0 Å². The molecule has 0 N–H and O–H groups in total. The minimum absolute atomic E-state index is 0.0115. The van der Waals surface area contributed by atoms with Crippen LogP contribution in [0.25, 0.3) is 0 Å². The average Bonchev–Trinajstić information content (AvgIpc) is 2.65. The van der Waals surface area contributed by atoms with Crippen molar-refractivity contribution in [2.24, 2.45) is 0 Å². The minimum Gasteiger partial charge on any atom is -0.380 e. The molecule has 2 aromatic rings. The van der Waals surface area contributed by atoms with Crippen molar-refractivity contribution in [3.8, 4) is 0 Å². The first-order valence-corrected chi connectivity index (χ1v) is 7.68. The molecule has 1 aliphatic heterocycles. The molecule has 0 bridgehead atoms. The maximum absolute atomic E-state index is 5.84. The monoisotopic (exact) mass is 286 g/mol. The van der Waals surface area contributed by atoms with Crippen LogP contribution in [0.3, 0.4) is 0 Å². The van der Waals surface area contributed by atoms with Crippen LogP contribution < -0.4 is 0 Å². The van der Waals surface area contributed by atoms with Crippen LogP contribution in [-0.4, -0.2) is 14.2 Å². The van der Waals surface area contributed by atoms with E-state index in [0.717, 1.165) is 5.75 Å². The van der Waals surface area contributed by atoms with Crippen LogP contribution in [0.2, 0.25) is 0 Å². The first-order chi connectivity index (χ1) is 9.85. The summed E-state index contributed by atoms with van der Waals surface area (Å²) in [7, 11) is 3.52. The van der Waals surface area contributed by atoms with Crippen molar-refractivity contribution in [2.45, 2.75) is 23.4 Å². The van der Waals surface area contributed by atoms with Crippen molar-refractivity contribution in [1.29, 1.82) is 0 Å². The van der Waals surface area contributed by atoms with Crippen LogP contribution >= 0.6 is 11.8 Å². The molecule has 2 aromatic carbocycles. The summed E-state index contributed by atoms with van der Waals surface area (Å²) >= 11 is 1.88. The van der Waals surface area contributed by atoms with E-state index in [1.165, 1.54) is 27.1 Å². The van der Waals surface area contributed by atoms with Crippen molar-refractivity contribution in [3.05, 3.63) is 64.7 Å². The van der Waals surface area contributed by atoms with Crippen molar-refractivity contribution >= 4 is 11.8 Å². The van der Waals surface area contributed by atoms with E-state index < -0.39 is 0 Å². The molecule has 1 unspecified atom stereocenters. The number of benzene rings is 2. The molecule has 1 atom stereocenters. The van der Waals surface area contributed by atoms with E-state index in [1.807, 2.05) is 11.8 Å². The van der Waals surface area contributed by atoms with Gasteiger partial charge in [-0.25, -0.2) is 0 Å². The average molecular weight is 286 g/mol. The van der Waals surface area contributed by atoms with Gasteiger partial charge in [-0.1, -0.05) is 36.4 Å². The van der Waals surface area contributed by atoms with Crippen LogP contribution in [-0.2, 0) is 21.8 Å². The highest BCUT2D eigenvalue weighted by Gasteiger charge is 2.25. The lowest BCUT2D eigenvalue weighted by molar-refractivity contribution is 0.128. The molecule has 0 spiro atoms. The first kappa shape index (κ1) is 13.7. The third kappa shape index (κ3) is 2.37. The highest BCUT2D eigenvalue weighted by atomic mass is 32.2. The Bertz CT molecular complexity index is 610. The summed E-state index contributed by atoms with van der Waals surface area (Å²) in [5, 5.41) is 0. The summed E-state index contributed by atoms with van der Waals surface area (Å²) in [5.74, 6) is 0.976. The zero-order chi connectivity index (χ0) is 13.9. The van der Waals surface area contributed by atoms with Crippen LogP contribution in [0.1, 0.15) is 28.4 Å². The summed E-state index contributed by atoms with van der Waals surface area (Å²) < 4.78 is 11.2. The fourth-order valence-electron chi connectivity index (χ4n) is 2.79. The lowest BCUT2D eigenvalue weighted by Crippen LogP contribution is -2.09. The van der Waals surface area contributed by atoms with Gasteiger partial charge in [0.15, 0.2) is 0 Å². The zero-order valence-electron chi connectivity index (χ0n) is 11.8. The Morgan fingerprint density at radius 3 is 2.75 bits per heavy atom. The van der Waals surface area contributed by atoms with Crippen molar-refractivity contribution in [1.82, 2.24) is 0 Å². The SMILES string of the molecule is COCc1cccc2c1C(OC)c1ccccc1SC2. The number of thioether (sulfide) groups is 1. The summed E-state index contributed by atoms with van der Waals surface area (Å²) in [6, 6.07) is 14.9. The smallest absolute Gasteiger partial charge is 0.109 e.